The lowest BCUT2D eigenvalue weighted by Gasteiger charge is -2.20. The van der Waals surface area contributed by atoms with Gasteiger partial charge < -0.3 is 5.32 Å². The molecule has 108 valence electrons. The minimum absolute atomic E-state index is 0.124. The van der Waals surface area contributed by atoms with Crippen molar-refractivity contribution in [3.05, 3.63) is 50.7 Å². The molecule has 0 radical (unpaired) electrons. The highest BCUT2D eigenvalue weighted by Gasteiger charge is 2.22. The van der Waals surface area contributed by atoms with E-state index in [4.69, 9.17) is 34.8 Å². The Labute approximate surface area is 133 Å². The first kappa shape index (κ1) is 15.6. The maximum absolute atomic E-state index is 6.30. The van der Waals surface area contributed by atoms with Gasteiger partial charge in [-0.2, -0.15) is 5.10 Å². The zero-order chi connectivity index (χ0) is 14.7. The van der Waals surface area contributed by atoms with Crippen LogP contribution in [0.4, 0.5) is 0 Å². The number of halogens is 3. The number of benzene rings is 1. The average Bonchev–Trinajstić information content (AvgIpc) is 2.75. The van der Waals surface area contributed by atoms with Crippen molar-refractivity contribution in [2.24, 2.45) is 0 Å². The molecule has 0 saturated carbocycles. The second-order valence-electron chi connectivity index (χ2n) is 4.49. The molecule has 0 bridgehead atoms. The molecule has 0 spiro atoms. The molecule has 0 fully saturated rings. The second-order valence-corrected chi connectivity index (χ2v) is 5.74. The molecule has 1 atom stereocenters. The van der Waals surface area contributed by atoms with E-state index in [0.29, 0.717) is 15.1 Å². The van der Waals surface area contributed by atoms with Gasteiger partial charge in [0.15, 0.2) is 0 Å². The summed E-state index contributed by atoms with van der Waals surface area (Å²) in [5.74, 6) is 0. The maximum atomic E-state index is 6.30. The number of hydrogen-bond acceptors (Lipinski definition) is 2. The van der Waals surface area contributed by atoms with Crippen molar-refractivity contribution in [2.75, 3.05) is 7.05 Å². The predicted octanol–water partition coefficient (Wildman–Crippen LogP) is 4.56. The van der Waals surface area contributed by atoms with Crippen LogP contribution in [0.1, 0.15) is 30.6 Å². The van der Waals surface area contributed by atoms with E-state index in [1.165, 1.54) is 0 Å². The molecule has 0 aliphatic heterocycles. The first-order chi connectivity index (χ1) is 9.58. The van der Waals surface area contributed by atoms with Crippen molar-refractivity contribution in [1.29, 1.82) is 0 Å². The summed E-state index contributed by atoms with van der Waals surface area (Å²) in [6.45, 7) is 2.91. The van der Waals surface area contributed by atoms with Gasteiger partial charge >= 0.3 is 0 Å². The molecule has 1 unspecified atom stereocenters. The smallest absolute Gasteiger partial charge is 0.0837 e. The quantitative estimate of drug-likeness (QED) is 0.869. The highest BCUT2D eigenvalue weighted by atomic mass is 35.5. The summed E-state index contributed by atoms with van der Waals surface area (Å²) >= 11 is 18.6. The normalized spacial score (nSPS) is 12.7. The maximum Gasteiger partial charge on any atom is 0.0837 e. The summed E-state index contributed by atoms with van der Waals surface area (Å²) in [4.78, 5) is 0. The van der Waals surface area contributed by atoms with Crippen LogP contribution >= 0.6 is 34.8 Å². The Kier molecular flexibility index (Phi) is 5.33. The van der Waals surface area contributed by atoms with Gasteiger partial charge in [-0.15, -0.1) is 0 Å². The molecular formula is C14H16Cl3N3. The van der Waals surface area contributed by atoms with Gasteiger partial charge in [-0.1, -0.05) is 47.8 Å². The molecule has 1 N–H and O–H groups in total. The molecule has 0 amide bonds. The molecule has 1 aromatic heterocycles. The van der Waals surface area contributed by atoms with E-state index in [2.05, 4.69) is 17.3 Å². The molecule has 1 aromatic carbocycles. The number of nitrogens with zero attached hydrogens (tertiary/aromatic N) is 2. The van der Waals surface area contributed by atoms with Crippen LogP contribution in [0.3, 0.4) is 0 Å². The lowest BCUT2D eigenvalue weighted by molar-refractivity contribution is 0.535. The molecule has 3 nitrogen and oxygen atoms in total. The Balaban J connectivity index is 2.49. The van der Waals surface area contributed by atoms with Crippen molar-refractivity contribution < 1.29 is 0 Å². The number of hydrogen-bond donors (Lipinski definition) is 1. The average molecular weight is 333 g/mol. The van der Waals surface area contributed by atoms with Gasteiger partial charge in [-0.25, -0.2) is 0 Å². The van der Waals surface area contributed by atoms with Crippen molar-refractivity contribution in [3.63, 3.8) is 0 Å². The highest BCUT2D eigenvalue weighted by molar-refractivity contribution is 6.35. The third-order valence-corrected chi connectivity index (χ3v) is 3.96. The Morgan fingerprint density at radius 1 is 1.25 bits per heavy atom. The van der Waals surface area contributed by atoms with Gasteiger partial charge in [0.05, 0.1) is 23.0 Å². The van der Waals surface area contributed by atoms with Crippen LogP contribution in [-0.2, 0) is 6.54 Å². The van der Waals surface area contributed by atoms with Gasteiger partial charge in [0, 0.05) is 16.6 Å². The molecule has 20 heavy (non-hydrogen) atoms. The number of aryl methyl sites for hydroxylation is 1. The van der Waals surface area contributed by atoms with Crippen LogP contribution in [0, 0.1) is 0 Å². The lowest BCUT2D eigenvalue weighted by Crippen LogP contribution is -2.22. The zero-order valence-electron chi connectivity index (χ0n) is 11.3. The predicted molar refractivity (Wildman–Crippen MR) is 84.9 cm³/mol. The van der Waals surface area contributed by atoms with E-state index < -0.39 is 0 Å². The summed E-state index contributed by atoms with van der Waals surface area (Å²) in [7, 11) is 1.87. The zero-order valence-corrected chi connectivity index (χ0v) is 13.6. The number of nitrogens with one attached hydrogen (secondary N) is 1. The van der Waals surface area contributed by atoms with Crippen molar-refractivity contribution in [3.8, 4) is 0 Å². The molecule has 0 aliphatic rings. The van der Waals surface area contributed by atoms with Gasteiger partial charge in [-0.3, -0.25) is 4.68 Å². The third-order valence-electron chi connectivity index (χ3n) is 3.10. The van der Waals surface area contributed by atoms with Crippen LogP contribution < -0.4 is 5.32 Å². The molecule has 2 aromatic rings. The van der Waals surface area contributed by atoms with Crippen LogP contribution in [0.15, 0.2) is 24.4 Å². The minimum atomic E-state index is -0.124. The Bertz CT molecular complexity index is 595. The topological polar surface area (TPSA) is 29.9 Å². The largest absolute Gasteiger partial charge is 0.308 e. The summed E-state index contributed by atoms with van der Waals surface area (Å²) in [5.41, 5.74) is 1.85. The van der Waals surface area contributed by atoms with Crippen molar-refractivity contribution in [1.82, 2.24) is 15.1 Å². The van der Waals surface area contributed by atoms with E-state index in [-0.39, 0.29) is 6.04 Å². The van der Waals surface area contributed by atoms with E-state index in [1.54, 1.807) is 12.3 Å². The standard InChI is InChI=1S/C14H16Cl3N3/c1-3-6-20-14(12(17)8-19-20)13(18-2)10-5-4-9(15)7-11(10)16/h4-5,7-8,13,18H,3,6H2,1-2H3. The molecular weight excluding hydrogens is 317 g/mol. The second kappa shape index (κ2) is 6.81. The van der Waals surface area contributed by atoms with Crippen molar-refractivity contribution in [2.45, 2.75) is 25.9 Å². The Hall–Kier alpha value is -0.740. The van der Waals surface area contributed by atoms with Gasteiger partial charge in [0.25, 0.3) is 0 Å². The van der Waals surface area contributed by atoms with E-state index in [0.717, 1.165) is 24.2 Å². The molecule has 6 heteroatoms. The lowest BCUT2D eigenvalue weighted by atomic mass is 10.0. The van der Waals surface area contributed by atoms with Gasteiger partial charge in [-0.05, 0) is 31.2 Å². The summed E-state index contributed by atoms with van der Waals surface area (Å²) in [6.07, 6.45) is 2.65. The number of aromatic nitrogens is 2. The molecule has 0 saturated heterocycles. The van der Waals surface area contributed by atoms with E-state index >= 15 is 0 Å². The fraction of sp³-hybridized carbons (Fsp3) is 0.357. The van der Waals surface area contributed by atoms with Gasteiger partial charge in [0.1, 0.15) is 0 Å². The highest BCUT2D eigenvalue weighted by Crippen LogP contribution is 2.33. The minimum Gasteiger partial charge on any atom is -0.308 e. The van der Waals surface area contributed by atoms with E-state index in [1.807, 2.05) is 23.9 Å². The first-order valence-electron chi connectivity index (χ1n) is 6.41. The summed E-state index contributed by atoms with van der Waals surface area (Å²) < 4.78 is 1.91. The van der Waals surface area contributed by atoms with Crippen LogP contribution in [-0.4, -0.2) is 16.8 Å². The number of rotatable bonds is 5. The van der Waals surface area contributed by atoms with Crippen molar-refractivity contribution >= 4 is 34.8 Å². The van der Waals surface area contributed by atoms with E-state index in [9.17, 15) is 0 Å². The van der Waals surface area contributed by atoms with Crippen LogP contribution in [0.5, 0.6) is 0 Å². The van der Waals surface area contributed by atoms with Crippen LogP contribution in [0.25, 0.3) is 0 Å². The fourth-order valence-corrected chi connectivity index (χ4v) is 2.99. The summed E-state index contributed by atoms with van der Waals surface area (Å²) in [6, 6.07) is 5.34. The Morgan fingerprint density at radius 2 is 2.00 bits per heavy atom. The summed E-state index contributed by atoms with van der Waals surface area (Å²) in [5, 5.41) is 9.42. The molecule has 2 rings (SSSR count). The monoisotopic (exact) mass is 331 g/mol. The first-order valence-corrected chi connectivity index (χ1v) is 7.55. The molecule has 0 aliphatic carbocycles. The van der Waals surface area contributed by atoms with Crippen LogP contribution in [0.2, 0.25) is 15.1 Å². The SMILES string of the molecule is CCCn1ncc(Cl)c1C(NC)c1ccc(Cl)cc1Cl. The van der Waals surface area contributed by atoms with Gasteiger partial charge in [0.2, 0.25) is 0 Å². The fourth-order valence-electron chi connectivity index (χ4n) is 2.22. The molecule has 1 heterocycles. The Morgan fingerprint density at radius 3 is 2.60 bits per heavy atom. The third kappa shape index (κ3) is 3.12.